The standard InChI is InChI=1S/C27H31BN4O2/c28-24(15-29)26-14-22(31-17-19-4-2-10-30-16-19)13-25(32-26)20-6-8-21(9-7-20)27(34)12-18-3-1-5-23(33)11-18/h1-5,10-11,13,15-16,20-21,29,31,33H,6-9,12,14,17,28H2/b26-24-,29-15?. The molecule has 34 heavy (non-hydrogen) atoms. The summed E-state index contributed by atoms with van der Waals surface area (Å²) in [6.45, 7) is 0.695. The van der Waals surface area contributed by atoms with Gasteiger partial charge in [-0.2, -0.15) is 0 Å². The van der Waals surface area contributed by atoms with Crippen molar-refractivity contribution in [3.63, 3.8) is 0 Å². The molecule has 0 spiro atoms. The van der Waals surface area contributed by atoms with Crippen molar-refractivity contribution < 1.29 is 9.90 Å². The van der Waals surface area contributed by atoms with Crippen molar-refractivity contribution in [2.75, 3.05) is 0 Å². The molecule has 2 heterocycles. The van der Waals surface area contributed by atoms with E-state index >= 15 is 0 Å². The molecule has 0 bridgehead atoms. The molecule has 7 heteroatoms. The summed E-state index contributed by atoms with van der Waals surface area (Å²) >= 11 is 0. The maximum absolute atomic E-state index is 12.8. The lowest BCUT2D eigenvalue weighted by Gasteiger charge is -2.30. The van der Waals surface area contributed by atoms with Crippen LogP contribution in [0.1, 0.15) is 43.2 Å². The van der Waals surface area contributed by atoms with Crippen LogP contribution in [0.3, 0.4) is 0 Å². The first-order chi connectivity index (χ1) is 16.5. The lowest BCUT2D eigenvalue weighted by Crippen LogP contribution is -2.28. The number of aromatic hydroxyl groups is 1. The molecule has 4 rings (SSSR count). The van der Waals surface area contributed by atoms with E-state index in [2.05, 4.69) is 16.4 Å². The third kappa shape index (κ3) is 6.10. The fourth-order valence-corrected chi connectivity index (χ4v) is 4.71. The van der Waals surface area contributed by atoms with E-state index in [0.29, 0.717) is 25.3 Å². The molecular formula is C27H31BN4O2. The van der Waals surface area contributed by atoms with Crippen molar-refractivity contribution in [3.05, 3.63) is 82.9 Å². The molecule has 1 aliphatic heterocycles. The fourth-order valence-electron chi connectivity index (χ4n) is 4.71. The SMILES string of the molecule is B/C(C=N)=C1/CC(NCc2cccnc2)=CC(C2CCC(C(=O)Cc3cccc(O)c3)CC2)=N1. The van der Waals surface area contributed by atoms with E-state index in [0.717, 1.165) is 59.4 Å². The van der Waals surface area contributed by atoms with Crippen LogP contribution in [-0.2, 0) is 17.8 Å². The molecule has 1 saturated carbocycles. The third-order valence-electron chi connectivity index (χ3n) is 6.75. The van der Waals surface area contributed by atoms with Gasteiger partial charge in [-0.25, -0.2) is 0 Å². The zero-order valence-electron chi connectivity index (χ0n) is 19.6. The maximum atomic E-state index is 12.8. The van der Waals surface area contributed by atoms with Gasteiger partial charge in [-0.1, -0.05) is 23.7 Å². The second kappa shape index (κ2) is 11.1. The van der Waals surface area contributed by atoms with Crippen molar-refractivity contribution in [1.82, 2.24) is 10.3 Å². The highest BCUT2D eigenvalue weighted by atomic mass is 16.3. The Bertz CT molecular complexity index is 1130. The highest BCUT2D eigenvalue weighted by Crippen LogP contribution is 2.34. The van der Waals surface area contributed by atoms with Crippen molar-refractivity contribution in [3.8, 4) is 5.75 Å². The summed E-state index contributed by atoms with van der Waals surface area (Å²) in [6, 6.07) is 11.0. The second-order valence-corrected chi connectivity index (χ2v) is 9.23. The highest BCUT2D eigenvalue weighted by Gasteiger charge is 2.29. The number of rotatable bonds is 8. The van der Waals surface area contributed by atoms with Crippen LogP contribution in [0, 0.1) is 17.2 Å². The first-order valence-corrected chi connectivity index (χ1v) is 11.9. The molecule has 174 valence electrons. The number of Topliss-reactive ketones (excluding diaryl/α,β-unsaturated/α-hetero) is 1. The quantitative estimate of drug-likeness (QED) is 0.418. The van der Waals surface area contributed by atoms with Crippen molar-refractivity contribution in [2.45, 2.75) is 45.1 Å². The number of carbonyl (C=O) groups is 1. The van der Waals surface area contributed by atoms with Crippen LogP contribution in [0.15, 0.2) is 76.7 Å². The average molecular weight is 454 g/mol. The first-order valence-electron chi connectivity index (χ1n) is 11.9. The zero-order chi connectivity index (χ0) is 23.9. The minimum atomic E-state index is 0.0632. The zero-order valence-corrected chi connectivity index (χ0v) is 19.6. The van der Waals surface area contributed by atoms with Gasteiger partial charge in [0.15, 0.2) is 0 Å². The van der Waals surface area contributed by atoms with Crippen LogP contribution in [0.5, 0.6) is 5.75 Å². The van der Waals surface area contributed by atoms with Gasteiger partial charge in [0, 0.05) is 66.9 Å². The predicted molar refractivity (Wildman–Crippen MR) is 138 cm³/mol. The van der Waals surface area contributed by atoms with Crippen LogP contribution >= 0.6 is 0 Å². The van der Waals surface area contributed by atoms with Crippen LogP contribution in [0.25, 0.3) is 0 Å². The van der Waals surface area contributed by atoms with Crippen LogP contribution < -0.4 is 5.32 Å². The van der Waals surface area contributed by atoms with Gasteiger partial charge < -0.3 is 15.8 Å². The molecule has 1 aromatic carbocycles. The smallest absolute Gasteiger partial charge is 0.143 e. The number of aromatic nitrogens is 1. The monoisotopic (exact) mass is 454 g/mol. The Morgan fingerprint density at radius 2 is 1.97 bits per heavy atom. The minimum Gasteiger partial charge on any atom is -0.508 e. The Kier molecular flexibility index (Phi) is 7.73. The Labute approximate surface area is 201 Å². The summed E-state index contributed by atoms with van der Waals surface area (Å²) in [5, 5.41) is 20.9. The number of aliphatic imine (C=N–C) groups is 1. The number of phenolic OH excluding ortho intramolecular Hbond substituents is 1. The predicted octanol–water partition coefficient (Wildman–Crippen LogP) is 3.72. The number of allylic oxidation sites excluding steroid dienone is 2. The largest absolute Gasteiger partial charge is 0.508 e. The van der Waals surface area contributed by atoms with Gasteiger partial charge in [0.05, 0.1) is 0 Å². The van der Waals surface area contributed by atoms with E-state index in [1.54, 1.807) is 24.4 Å². The lowest BCUT2D eigenvalue weighted by molar-refractivity contribution is -0.123. The molecule has 1 fully saturated rings. The summed E-state index contributed by atoms with van der Waals surface area (Å²) in [6.07, 6.45) is 11.8. The molecule has 0 atom stereocenters. The van der Waals surface area contributed by atoms with E-state index in [9.17, 15) is 9.90 Å². The number of hydrogen-bond acceptors (Lipinski definition) is 6. The number of pyridine rings is 1. The number of hydrogen-bond donors (Lipinski definition) is 3. The molecule has 1 aliphatic carbocycles. The third-order valence-corrected chi connectivity index (χ3v) is 6.75. The molecule has 0 radical (unpaired) electrons. The Hall–Kier alpha value is -3.48. The van der Waals surface area contributed by atoms with Gasteiger partial charge in [0.25, 0.3) is 0 Å². The van der Waals surface area contributed by atoms with E-state index in [1.165, 1.54) is 6.21 Å². The highest BCUT2D eigenvalue weighted by molar-refractivity contribution is 6.33. The molecule has 0 saturated heterocycles. The van der Waals surface area contributed by atoms with Gasteiger partial charge in [0.1, 0.15) is 19.4 Å². The van der Waals surface area contributed by atoms with Gasteiger partial charge in [-0.15, -0.1) is 0 Å². The average Bonchev–Trinajstić information content (AvgIpc) is 2.87. The van der Waals surface area contributed by atoms with Gasteiger partial charge >= 0.3 is 0 Å². The summed E-state index contributed by atoms with van der Waals surface area (Å²) < 4.78 is 0. The Morgan fingerprint density at radius 1 is 1.18 bits per heavy atom. The van der Waals surface area contributed by atoms with Gasteiger partial charge in [-0.3, -0.25) is 14.8 Å². The van der Waals surface area contributed by atoms with Gasteiger partial charge in [0.2, 0.25) is 0 Å². The molecular weight excluding hydrogens is 423 g/mol. The van der Waals surface area contributed by atoms with Crippen LogP contribution in [0.2, 0.25) is 0 Å². The Morgan fingerprint density at radius 3 is 2.68 bits per heavy atom. The Balaban J connectivity index is 1.41. The molecule has 0 amide bonds. The lowest BCUT2D eigenvalue weighted by atomic mass is 9.76. The second-order valence-electron chi connectivity index (χ2n) is 9.23. The normalized spacial score (nSPS) is 21.8. The number of phenols is 1. The summed E-state index contributed by atoms with van der Waals surface area (Å²) in [5.74, 6) is 0.833. The van der Waals surface area contributed by atoms with Crippen LogP contribution in [-0.4, -0.2) is 35.6 Å². The van der Waals surface area contributed by atoms with E-state index in [-0.39, 0.29) is 17.5 Å². The minimum absolute atomic E-state index is 0.0632. The number of dihydropyridines is 1. The van der Waals surface area contributed by atoms with Crippen molar-refractivity contribution in [2.24, 2.45) is 16.8 Å². The first kappa shape index (κ1) is 23.7. The number of nitrogens with zero attached hydrogens (tertiary/aromatic N) is 2. The molecule has 6 nitrogen and oxygen atoms in total. The number of ketones is 1. The molecule has 2 aliphatic rings. The molecule has 3 N–H and O–H groups in total. The number of carbonyl (C=O) groups excluding carboxylic acids is 1. The van der Waals surface area contributed by atoms with E-state index < -0.39 is 0 Å². The summed E-state index contributed by atoms with van der Waals surface area (Å²) in [7, 11) is 1.93. The molecule has 1 aromatic heterocycles. The topological polar surface area (TPSA) is 98.4 Å². The van der Waals surface area contributed by atoms with E-state index in [4.69, 9.17) is 10.4 Å². The summed E-state index contributed by atoms with van der Waals surface area (Å²) in [4.78, 5) is 22.0. The molecule has 0 unspecified atom stereocenters. The van der Waals surface area contributed by atoms with Crippen LogP contribution in [0.4, 0.5) is 0 Å². The maximum Gasteiger partial charge on any atom is 0.143 e. The number of benzene rings is 1. The molecule has 2 aromatic rings. The summed E-state index contributed by atoms with van der Waals surface area (Å²) in [5.41, 5.74) is 5.95. The van der Waals surface area contributed by atoms with E-state index in [1.807, 2.05) is 32.2 Å². The van der Waals surface area contributed by atoms with Gasteiger partial charge in [-0.05, 0) is 61.1 Å². The number of nitrogens with one attached hydrogen (secondary N) is 2. The van der Waals surface area contributed by atoms with Crippen molar-refractivity contribution >= 4 is 25.6 Å². The van der Waals surface area contributed by atoms with Crippen molar-refractivity contribution in [1.29, 1.82) is 5.41 Å². The fraction of sp³-hybridized carbons (Fsp3) is 0.333.